The number of carbonyl (C=O) groups is 2. The van der Waals surface area contributed by atoms with Crippen LogP contribution in [0.3, 0.4) is 0 Å². The van der Waals surface area contributed by atoms with Crippen LogP contribution in [0.1, 0.15) is 23.2 Å². The molecule has 2 aromatic rings. The number of nitrogens with one attached hydrogen (secondary N) is 3. The van der Waals surface area contributed by atoms with Gasteiger partial charge in [-0.3, -0.25) is 9.59 Å². The summed E-state index contributed by atoms with van der Waals surface area (Å²) in [7, 11) is -4.04. The average Bonchev–Trinajstić information content (AvgIpc) is 2.76. The minimum Gasteiger partial charge on any atom is -0.494 e. The maximum absolute atomic E-state index is 12.4. The number of rotatable bonds is 12. The molecule has 1 aliphatic rings. The average molecular weight is 462 g/mol. The first-order chi connectivity index (χ1) is 15.3. The van der Waals surface area contributed by atoms with Crippen molar-refractivity contribution in [1.29, 1.82) is 0 Å². The summed E-state index contributed by atoms with van der Waals surface area (Å²) >= 11 is 0. The Balaban J connectivity index is 1.48. The smallest absolute Gasteiger partial charge is 0.323 e. The van der Waals surface area contributed by atoms with Crippen molar-refractivity contribution in [1.82, 2.24) is 15.4 Å². The quantitative estimate of drug-likeness (QED) is 0.349. The Hall–Kier alpha value is -2.95. The molecule has 1 aliphatic heterocycles. The van der Waals surface area contributed by atoms with Crippen LogP contribution < -0.4 is 20.1 Å². The van der Waals surface area contributed by atoms with Crippen molar-refractivity contribution in [2.24, 2.45) is 5.92 Å². The van der Waals surface area contributed by atoms with Gasteiger partial charge in [0.2, 0.25) is 10.0 Å². The minimum atomic E-state index is -4.04. The van der Waals surface area contributed by atoms with Gasteiger partial charge in [-0.15, -0.1) is 0 Å². The van der Waals surface area contributed by atoms with E-state index in [0.717, 1.165) is 31.8 Å². The number of aliphatic carboxylic acids is 1. The van der Waals surface area contributed by atoms with Gasteiger partial charge in [0, 0.05) is 12.1 Å². The van der Waals surface area contributed by atoms with Crippen LogP contribution in [0.2, 0.25) is 0 Å². The zero-order chi connectivity index (χ0) is 23.0. The highest BCUT2D eigenvalue weighted by molar-refractivity contribution is 7.89. The predicted molar refractivity (Wildman–Crippen MR) is 118 cm³/mol. The van der Waals surface area contributed by atoms with Gasteiger partial charge in [0.25, 0.3) is 5.91 Å². The second-order valence-electron chi connectivity index (χ2n) is 7.57. The lowest BCUT2D eigenvalue weighted by Crippen LogP contribution is -2.48. The lowest BCUT2D eigenvalue weighted by Gasteiger charge is -2.26. The number of amides is 1. The maximum Gasteiger partial charge on any atom is 0.323 e. The van der Waals surface area contributed by atoms with Crippen molar-refractivity contribution >= 4 is 21.9 Å². The molecule has 1 heterocycles. The molecule has 32 heavy (non-hydrogen) atoms. The monoisotopic (exact) mass is 461 g/mol. The first-order valence-electron chi connectivity index (χ1n) is 10.4. The molecule has 0 saturated carbocycles. The van der Waals surface area contributed by atoms with E-state index in [1.807, 2.05) is 0 Å². The molecule has 2 aromatic carbocycles. The highest BCUT2D eigenvalue weighted by atomic mass is 32.2. The van der Waals surface area contributed by atoms with E-state index in [-0.39, 0.29) is 4.90 Å². The molecule has 4 N–H and O–H groups in total. The molecule has 0 spiro atoms. The predicted octanol–water partition coefficient (Wildman–Crippen LogP) is 1.23. The number of carboxylic acids is 1. The van der Waals surface area contributed by atoms with Gasteiger partial charge < -0.3 is 20.5 Å². The van der Waals surface area contributed by atoms with Crippen LogP contribution in [0, 0.1) is 5.92 Å². The van der Waals surface area contributed by atoms with Crippen LogP contribution in [0.25, 0.3) is 0 Å². The summed E-state index contributed by atoms with van der Waals surface area (Å²) in [5.41, 5.74) is 0.313. The number of benzene rings is 2. The van der Waals surface area contributed by atoms with Crippen LogP contribution in [-0.2, 0) is 14.8 Å². The second-order valence-corrected chi connectivity index (χ2v) is 9.29. The van der Waals surface area contributed by atoms with Crippen molar-refractivity contribution in [3.05, 3.63) is 60.2 Å². The molecular weight excluding hydrogens is 434 g/mol. The Morgan fingerprint density at radius 3 is 2.38 bits per heavy atom. The Labute approximate surface area is 187 Å². The molecule has 1 saturated heterocycles. The zero-order valence-electron chi connectivity index (χ0n) is 17.5. The Kier molecular flexibility index (Phi) is 8.20. The summed E-state index contributed by atoms with van der Waals surface area (Å²) < 4.78 is 32.5. The number of hydrogen-bond acceptors (Lipinski definition) is 6. The first-order valence-corrected chi connectivity index (χ1v) is 11.9. The molecule has 0 unspecified atom stereocenters. The summed E-state index contributed by atoms with van der Waals surface area (Å²) in [6.45, 7) is 2.33. The van der Waals surface area contributed by atoms with E-state index in [4.69, 9.17) is 4.74 Å². The largest absolute Gasteiger partial charge is 0.494 e. The summed E-state index contributed by atoms with van der Waals surface area (Å²) in [6.07, 6.45) is 2.08. The summed E-state index contributed by atoms with van der Waals surface area (Å²) in [5, 5.41) is 15.1. The third-order valence-corrected chi connectivity index (χ3v) is 6.61. The summed E-state index contributed by atoms with van der Waals surface area (Å²) in [4.78, 5) is 23.8. The van der Waals surface area contributed by atoms with E-state index in [2.05, 4.69) is 15.4 Å². The molecule has 10 heteroatoms. The van der Waals surface area contributed by atoms with Crippen LogP contribution in [-0.4, -0.2) is 57.7 Å². The van der Waals surface area contributed by atoms with Gasteiger partial charge in [0.05, 0.1) is 11.5 Å². The molecule has 1 amide bonds. The fraction of sp³-hybridized carbons (Fsp3) is 0.364. The molecule has 0 bridgehead atoms. The van der Waals surface area contributed by atoms with Gasteiger partial charge in [0.15, 0.2) is 0 Å². The van der Waals surface area contributed by atoms with Crippen molar-refractivity contribution in [3.63, 3.8) is 0 Å². The topological polar surface area (TPSA) is 134 Å². The van der Waals surface area contributed by atoms with Gasteiger partial charge in [0.1, 0.15) is 11.8 Å². The van der Waals surface area contributed by atoms with Gasteiger partial charge in [-0.25, -0.2) is 8.42 Å². The van der Waals surface area contributed by atoms with Crippen LogP contribution in [0.4, 0.5) is 0 Å². The fourth-order valence-corrected chi connectivity index (χ4v) is 4.36. The van der Waals surface area contributed by atoms with E-state index >= 15 is 0 Å². The van der Waals surface area contributed by atoms with Crippen molar-refractivity contribution in [2.75, 3.05) is 26.2 Å². The number of sulfonamides is 1. The third-order valence-electron chi connectivity index (χ3n) is 5.12. The van der Waals surface area contributed by atoms with Gasteiger partial charge >= 0.3 is 5.97 Å². The molecule has 0 aliphatic carbocycles. The molecule has 1 atom stereocenters. The van der Waals surface area contributed by atoms with Crippen LogP contribution >= 0.6 is 0 Å². The Bertz CT molecular complexity index is 1010. The standard InChI is InChI=1S/C22H27N3O6S/c26-21(17-8-10-18(11-9-17)31-12-4-5-16-13-23-14-16)24-15-20(22(27)28)25-32(29,30)19-6-2-1-3-7-19/h1-3,6-11,16,20,23,25H,4-5,12-15H2,(H,24,26)(H,27,28)/t20-/m0/s1. The van der Waals surface area contributed by atoms with Crippen molar-refractivity contribution in [3.8, 4) is 5.75 Å². The maximum atomic E-state index is 12.4. The summed E-state index contributed by atoms with van der Waals surface area (Å²) in [5.74, 6) is -0.533. The van der Waals surface area contributed by atoms with Gasteiger partial charge in [-0.05, 0) is 68.2 Å². The van der Waals surface area contributed by atoms with Gasteiger partial charge in [-0.2, -0.15) is 4.72 Å². The molecule has 0 aromatic heterocycles. The van der Waals surface area contributed by atoms with E-state index < -0.39 is 34.5 Å². The second kappa shape index (κ2) is 11.1. The highest BCUT2D eigenvalue weighted by Crippen LogP contribution is 2.15. The number of hydrogen-bond donors (Lipinski definition) is 4. The number of carboxylic acid groups (broad SMARTS) is 1. The lowest BCUT2D eigenvalue weighted by atomic mass is 9.98. The molecule has 1 fully saturated rings. The van der Waals surface area contributed by atoms with E-state index in [9.17, 15) is 23.1 Å². The summed E-state index contributed by atoms with van der Waals surface area (Å²) in [6, 6.07) is 12.4. The highest BCUT2D eigenvalue weighted by Gasteiger charge is 2.26. The number of carbonyl (C=O) groups excluding carboxylic acids is 1. The van der Waals surface area contributed by atoms with Crippen molar-refractivity contribution in [2.45, 2.75) is 23.8 Å². The molecule has 3 rings (SSSR count). The minimum absolute atomic E-state index is 0.0579. The third kappa shape index (κ3) is 6.78. The van der Waals surface area contributed by atoms with E-state index in [0.29, 0.717) is 17.9 Å². The molecule has 9 nitrogen and oxygen atoms in total. The zero-order valence-corrected chi connectivity index (χ0v) is 18.3. The Morgan fingerprint density at radius 1 is 1.09 bits per heavy atom. The first kappa shape index (κ1) is 23.7. The van der Waals surface area contributed by atoms with Gasteiger partial charge in [-0.1, -0.05) is 18.2 Å². The van der Waals surface area contributed by atoms with Crippen LogP contribution in [0.5, 0.6) is 5.75 Å². The molecule has 172 valence electrons. The molecular formula is C22H27N3O6S. The molecule has 0 radical (unpaired) electrons. The van der Waals surface area contributed by atoms with Crippen LogP contribution in [0.15, 0.2) is 59.5 Å². The number of ether oxygens (including phenoxy) is 1. The lowest BCUT2D eigenvalue weighted by molar-refractivity contribution is -0.138. The SMILES string of the molecule is O=C(NC[C@H](NS(=O)(=O)c1ccccc1)C(=O)O)c1ccc(OCCCC2CNC2)cc1. The normalized spacial score (nSPS) is 14.9. The Morgan fingerprint density at radius 2 is 1.78 bits per heavy atom. The van der Waals surface area contributed by atoms with Crippen molar-refractivity contribution < 1.29 is 27.9 Å². The van der Waals surface area contributed by atoms with E-state index in [1.165, 1.54) is 24.3 Å². The van der Waals surface area contributed by atoms with E-state index in [1.54, 1.807) is 30.3 Å². The fourth-order valence-electron chi connectivity index (χ4n) is 3.15.